The van der Waals surface area contributed by atoms with Crippen molar-refractivity contribution in [3.05, 3.63) is 40.9 Å². The summed E-state index contributed by atoms with van der Waals surface area (Å²) in [4.78, 5) is 0. The van der Waals surface area contributed by atoms with Gasteiger partial charge in [-0.25, -0.2) is 8.93 Å². The van der Waals surface area contributed by atoms with Crippen molar-refractivity contribution >= 4 is 22.6 Å². The summed E-state index contributed by atoms with van der Waals surface area (Å²) in [6.07, 6.45) is 3.78. The first kappa shape index (κ1) is 21.4. The first-order chi connectivity index (χ1) is 12.2. The molecule has 0 aliphatic carbocycles. The zero-order chi connectivity index (χ0) is 19.3. The molecule has 0 unspecified atom stereocenters. The van der Waals surface area contributed by atoms with Crippen LogP contribution in [0.15, 0.2) is 24.8 Å². The number of aryl methyl sites for hydroxylation is 1. The molecular formula is C20H31ClN2O2S. The fraction of sp³-hybridized carbons (Fsp3) is 0.600. The topological polar surface area (TPSA) is 50.4 Å². The second-order valence-electron chi connectivity index (χ2n) is 7.80. The van der Waals surface area contributed by atoms with E-state index in [0.29, 0.717) is 17.5 Å². The van der Waals surface area contributed by atoms with E-state index in [1.807, 2.05) is 33.8 Å². The van der Waals surface area contributed by atoms with Gasteiger partial charge in [-0.15, -0.1) is 0 Å². The van der Waals surface area contributed by atoms with Gasteiger partial charge in [0.25, 0.3) is 0 Å². The van der Waals surface area contributed by atoms with Crippen LogP contribution in [-0.4, -0.2) is 28.7 Å². The van der Waals surface area contributed by atoms with E-state index in [1.54, 1.807) is 6.08 Å². The molecule has 146 valence electrons. The summed E-state index contributed by atoms with van der Waals surface area (Å²) in [6, 6.07) is 3.89. The van der Waals surface area contributed by atoms with Gasteiger partial charge in [0.15, 0.2) is 0 Å². The molecule has 0 aromatic heterocycles. The minimum atomic E-state index is -1.17. The van der Waals surface area contributed by atoms with Gasteiger partial charge in [0.1, 0.15) is 12.4 Å². The Labute approximate surface area is 165 Å². The number of hydrogen-bond acceptors (Lipinski definition) is 3. The van der Waals surface area contributed by atoms with Crippen LogP contribution < -0.4 is 14.8 Å². The fourth-order valence-corrected chi connectivity index (χ4v) is 4.14. The number of hydrogen-bond donors (Lipinski definition) is 2. The lowest BCUT2D eigenvalue weighted by Crippen LogP contribution is -2.41. The van der Waals surface area contributed by atoms with Crippen molar-refractivity contribution in [3.63, 3.8) is 0 Å². The van der Waals surface area contributed by atoms with Gasteiger partial charge in [0.05, 0.1) is 21.8 Å². The molecule has 0 radical (unpaired) electrons. The Morgan fingerprint density at radius 2 is 2.08 bits per heavy atom. The van der Waals surface area contributed by atoms with E-state index in [2.05, 4.69) is 22.7 Å². The lowest BCUT2D eigenvalue weighted by atomic mass is 9.85. The highest BCUT2D eigenvalue weighted by molar-refractivity contribution is 7.84. The van der Waals surface area contributed by atoms with Crippen LogP contribution in [0.4, 0.5) is 0 Å². The van der Waals surface area contributed by atoms with Gasteiger partial charge in [-0.3, -0.25) is 0 Å². The normalized spacial score (nSPS) is 18.3. The third kappa shape index (κ3) is 5.56. The summed E-state index contributed by atoms with van der Waals surface area (Å²) in [5, 5.41) is 4.08. The predicted octanol–water partition coefficient (Wildman–Crippen LogP) is 4.31. The van der Waals surface area contributed by atoms with E-state index < -0.39 is 11.0 Å². The minimum Gasteiger partial charge on any atom is -0.489 e. The van der Waals surface area contributed by atoms with Gasteiger partial charge >= 0.3 is 0 Å². The van der Waals surface area contributed by atoms with Crippen molar-refractivity contribution in [2.45, 2.75) is 51.3 Å². The summed E-state index contributed by atoms with van der Waals surface area (Å²) >= 11 is 6.34. The molecule has 2 rings (SSSR count). The lowest BCUT2D eigenvalue weighted by Gasteiger charge is -2.34. The minimum absolute atomic E-state index is 0.0482. The van der Waals surface area contributed by atoms with Crippen LogP contribution in [0.5, 0.6) is 5.75 Å². The zero-order valence-electron chi connectivity index (χ0n) is 16.2. The van der Waals surface area contributed by atoms with Crippen molar-refractivity contribution < 1.29 is 8.95 Å². The molecular weight excluding hydrogens is 368 g/mol. The average Bonchev–Trinajstić information content (AvgIpc) is 2.60. The summed E-state index contributed by atoms with van der Waals surface area (Å²) in [6.45, 7) is 14.0. The Bertz CT molecular complexity index is 652. The molecule has 2 N–H and O–H groups in total. The quantitative estimate of drug-likeness (QED) is 0.673. The molecule has 0 spiro atoms. The summed E-state index contributed by atoms with van der Waals surface area (Å²) in [5.41, 5.74) is 2.02. The van der Waals surface area contributed by atoms with Crippen LogP contribution in [0.1, 0.15) is 50.8 Å². The number of piperidine rings is 1. The molecule has 2 atom stereocenters. The fourth-order valence-electron chi connectivity index (χ4n) is 3.09. The molecule has 6 heteroatoms. The van der Waals surface area contributed by atoms with Crippen LogP contribution in [0.3, 0.4) is 0 Å². The van der Waals surface area contributed by atoms with Crippen molar-refractivity contribution in [3.8, 4) is 5.75 Å². The van der Waals surface area contributed by atoms with E-state index in [-0.39, 0.29) is 10.8 Å². The Morgan fingerprint density at radius 3 is 2.65 bits per heavy atom. The third-order valence-electron chi connectivity index (χ3n) is 4.63. The van der Waals surface area contributed by atoms with Gasteiger partial charge < -0.3 is 10.1 Å². The molecule has 1 aromatic rings. The monoisotopic (exact) mass is 398 g/mol. The SMILES string of the molecule is C=CCOc1cc(Cl)c(C)cc1[C@H](N[S@@](=O)C(C)(C)C)C1CCNCC1. The first-order valence-corrected chi connectivity index (χ1v) is 10.7. The number of nitrogens with one attached hydrogen (secondary N) is 2. The Morgan fingerprint density at radius 1 is 1.42 bits per heavy atom. The maximum absolute atomic E-state index is 12.9. The van der Waals surface area contributed by atoms with E-state index in [0.717, 1.165) is 42.8 Å². The number of rotatable bonds is 7. The van der Waals surface area contributed by atoms with Gasteiger partial charge in [0.2, 0.25) is 0 Å². The molecule has 1 saturated heterocycles. The van der Waals surface area contributed by atoms with Gasteiger partial charge in [-0.05, 0) is 77.2 Å². The molecule has 0 bridgehead atoms. The molecule has 0 amide bonds. The number of halogens is 1. The van der Waals surface area contributed by atoms with Gasteiger partial charge in [0, 0.05) is 10.6 Å². The summed E-state index contributed by atoms with van der Waals surface area (Å²) < 4.78 is 21.8. The Balaban J connectivity index is 2.44. The molecule has 26 heavy (non-hydrogen) atoms. The van der Waals surface area contributed by atoms with Crippen molar-refractivity contribution in [2.24, 2.45) is 5.92 Å². The molecule has 0 saturated carbocycles. The third-order valence-corrected chi connectivity index (χ3v) is 6.62. The molecule has 1 aliphatic heterocycles. The Hall–Kier alpha value is -0.880. The molecule has 1 heterocycles. The maximum atomic E-state index is 12.9. The summed E-state index contributed by atoms with van der Waals surface area (Å²) in [7, 11) is -1.17. The highest BCUT2D eigenvalue weighted by atomic mass is 35.5. The lowest BCUT2D eigenvalue weighted by molar-refractivity contribution is 0.295. The van der Waals surface area contributed by atoms with Crippen LogP contribution in [0.2, 0.25) is 5.02 Å². The van der Waals surface area contributed by atoms with Crippen LogP contribution in [0, 0.1) is 12.8 Å². The maximum Gasteiger partial charge on any atom is 0.126 e. The van der Waals surface area contributed by atoms with Gasteiger partial charge in [-0.1, -0.05) is 24.3 Å². The van der Waals surface area contributed by atoms with Crippen molar-refractivity contribution in [1.82, 2.24) is 10.0 Å². The first-order valence-electron chi connectivity index (χ1n) is 9.16. The molecule has 1 fully saturated rings. The number of ether oxygens (including phenoxy) is 1. The van der Waals surface area contributed by atoms with Crippen molar-refractivity contribution in [2.75, 3.05) is 19.7 Å². The average molecular weight is 399 g/mol. The highest BCUT2D eigenvalue weighted by Crippen LogP contribution is 2.38. The highest BCUT2D eigenvalue weighted by Gasteiger charge is 2.32. The largest absolute Gasteiger partial charge is 0.489 e. The van der Waals surface area contributed by atoms with E-state index in [9.17, 15) is 4.21 Å². The second kappa shape index (κ2) is 9.36. The molecule has 1 aliphatic rings. The van der Waals surface area contributed by atoms with Crippen LogP contribution >= 0.6 is 11.6 Å². The number of benzene rings is 1. The molecule has 4 nitrogen and oxygen atoms in total. The van der Waals surface area contributed by atoms with E-state index in [1.165, 1.54) is 0 Å². The van der Waals surface area contributed by atoms with E-state index >= 15 is 0 Å². The van der Waals surface area contributed by atoms with Crippen LogP contribution in [-0.2, 0) is 11.0 Å². The van der Waals surface area contributed by atoms with Crippen LogP contribution in [0.25, 0.3) is 0 Å². The summed E-state index contributed by atoms with van der Waals surface area (Å²) in [5.74, 6) is 1.12. The molecule has 1 aromatic carbocycles. The smallest absolute Gasteiger partial charge is 0.126 e. The standard InChI is InChI=1S/C20H31ClN2O2S/c1-6-11-25-18-13-17(21)14(2)12-16(18)19(15-7-9-22-10-8-15)23-26(24)20(3,4)5/h6,12-13,15,19,22-23H,1,7-11H2,2-5H3/t19-,26+/m1/s1. The van der Waals surface area contributed by atoms with Gasteiger partial charge in [-0.2, -0.15) is 0 Å². The van der Waals surface area contributed by atoms with Crippen molar-refractivity contribution in [1.29, 1.82) is 0 Å². The Kier molecular flexibility index (Phi) is 7.71. The van der Waals surface area contributed by atoms with E-state index in [4.69, 9.17) is 16.3 Å². The predicted molar refractivity (Wildman–Crippen MR) is 111 cm³/mol. The zero-order valence-corrected chi connectivity index (χ0v) is 17.8. The second-order valence-corrected chi connectivity index (χ2v) is 10.2.